The van der Waals surface area contributed by atoms with E-state index in [0.717, 1.165) is 19.4 Å². The lowest BCUT2D eigenvalue weighted by molar-refractivity contribution is -0.139. The van der Waals surface area contributed by atoms with Crippen molar-refractivity contribution in [3.8, 4) is 0 Å². The molecule has 0 aliphatic carbocycles. The third-order valence-corrected chi connectivity index (χ3v) is 2.69. The minimum Gasteiger partial charge on any atom is -0.387 e. The first-order valence-corrected chi connectivity index (χ1v) is 5.21. The number of rotatable bonds is 3. The third-order valence-electron chi connectivity index (χ3n) is 2.69. The molecule has 2 atom stereocenters. The summed E-state index contributed by atoms with van der Waals surface area (Å²) in [6.45, 7) is 5.02. The number of hydrogen-bond acceptors (Lipinski definition) is 3. The Morgan fingerprint density at radius 2 is 2.36 bits per heavy atom. The van der Waals surface area contributed by atoms with Gasteiger partial charge in [-0.2, -0.15) is 0 Å². The number of ether oxygens (including phenoxy) is 1. The van der Waals surface area contributed by atoms with Crippen molar-refractivity contribution in [2.45, 2.75) is 38.8 Å². The van der Waals surface area contributed by atoms with Crippen LogP contribution in [0.5, 0.6) is 0 Å². The Labute approximate surface area is 84.8 Å². The van der Waals surface area contributed by atoms with Gasteiger partial charge in [-0.25, -0.2) is 0 Å². The van der Waals surface area contributed by atoms with Gasteiger partial charge in [0.1, 0.15) is 6.61 Å². The maximum atomic E-state index is 11.3. The van der Waals surface area contributed by atoms with Crippen LogP contribution in [0.4, 0.5) is 0 Å². The molecule has 0 spiro atoms. The van der Waals surface area contributed by atoms with Crippen molar-refractivity contribution in [2.75, 3.05) is 19.8 Å². The largest absolute Gasteiger partial charge is 0.387 e. The monoisotopic (exact) mass is 201 g/mol. The summed E-state index contributed by atoms with van der Waals surface area (Å²) in [5, 5.41) is 8.75. The van der Waals surface area contributed by atoms with E-state index in [4.69, 9.17) is 9.84 Å². The van der Waals surface area contributed by atoms with Crippen molar-refractivity contribution in [1.82, 2.24) is 4.90 Å². The summed E-state index contributed by atoms with van der Waals surface area (Å²) in [4.78, 5) is 13.0. The molecule has 4 heteroatoms. The molecule has 0 aromatic heterocycles. The van der Waals surface area contributed by atoms with Crippen LogP contribution in [0, 0.1) is 0 Å². The van der Waals surface area contributed by atoms with Gasteiger partial charge in [-0.1, -0.05) is 0 Å². The summed E-state index contributed by atoms with van der Waals surface area (Å²) >= 11 is 0. The molecule has 0 radical (unpaired) electrons. The molecule has 1 rings (SSSR count). The third kappa shape index (κ3) is 2.69. The van der Waals surface area contributed by atoms with Crippen LogP contribution in [0.25, 0.3) is 0 Å². The Kier molecular flexibility index (Phi) is 4.35. The molecule has 0 saturated carbocycles. The van der Waals surface area contributed by atoms with Gasteiger partial charge in [0.2, 0.25) is 5.91 Å². The number of aliphatic hydroxyl groups is 1. The lowest BCUT2D eigenvalue weighted by atomic mass is 10.0. The van der Waals surface area contributed by atoms with Crippen LogP contribution < -0.4 is 0 Å². The molecule has 0 unspecified atom stereocenters. The molecule has 0 bridgehead atoms. The first-order valence-electron chi connectivity index (χ1n) is 5.21. The van der Waals surface area contributed by atoms with Crippen LogP contribution >= 0.6 is 0 Å². The molecule has 1 aliphatic heterocycles. The first kappa shape index (κ1) is 11.5. The SMILES string of the molecule is CCO[C@H]1CCN(C(=O)CO)[C@H](C)C1. The van der Waals surface area contributed by atoms with Crippen molar-refractivity contribution < 1.29 is 14.6 Å². The maximum Gasteiger partial charge on any atom is 0.248 e. The number of piperidine rings is 1. The second-order valence-electron chi connectivity index (χ2n) is 3.70. The molecular formula is C10H19NO3. The van der Waals surface area contributed by atoms with Crippen LogP contribution in [0.15, 0.2) is 0 Å². The Morgan fingerprint density at radius 3 is 2.86 bits per heavy atom. The summed E-state index contributed by atoms with van der Waals surface area (Å²) in [7, 11) is 0. The zero-order valence-electron chi connectivity index (χ0n) is 8.90. The zero-order chi connectivity index (χ0) is 10.6. The summed E-state index contributed by atoms with van der Waals surface area (Å²) < 4.78 is 5.51. The Morgan fingerprint density at radius 1 is 1.64 bits per heavy atom. The van der Waals surface area contributed by atoms with Gasteiger partial charge in [0.25, 0.3) is 0 Å². The highest BCUT2D eigenvalue weighted by Gasteiger charge is 2.28. The van der Waals surface area contributed by atoms with Crippen molar-refractivity contribution in [3.63, 3.8) is 0 Å². The van der Waals surface area contributed by atoms with E-state index in [0.29, 0.717) is 6.54 Å². The number of amides is 1. The van der Waals surface area contributed by atoms with E-state index in [-0.39, 0.29) is 24.7 Å². The minimum absolute atomic E-state index is 0.174. The van der Waals surface area contributed by atoms with Crippen molar-refractivity contribution >= 4 is 5.91 Å². The van der Waals surface area contributed by atoms with Crippen LogP contribution in [-0.4, -0.2) is 47.8 Å². The number of carbonyl (C=O) groups excluding carboxylic acids is 1. The lowest BCUT2D eigenvalue weighted by Crippen LogP contribution is -2.47. The van der Waals surface area contributed by atoms with E-state index < -0.39 is 0 Å². The average Bonchev–Trinajstić information content (AvgIpc) is 2.17. The van der Waals surface area contributed by atoms with Gasteiger partial charge >= 0.3 is 0 Å². The van der Waals surface area contributed by atoms with Gasteiger partial charge in [-0.05, 0) is 26.7 Å². The van der Waals surface area contributed by atoms with Crippen molar-refractivity contribution in [2.24, 2.45) is 0 Å². The van der Waals surface area contributed by atoms with E-state index >= 15 is 0 Å². The fourth-order valence-electron chi connectivity index (χ4n) is 1.98. The van der Waals surface area contributed by atoms with Gasteiger partial charge in [0.15, 0.2) is 0 Å². The predicted molar refractivity (Wildman–Crippen MR) is 52.9 cm³/mol. The molecule has 1 N–H and O–H groups in total. The lowest BCUT2D eigenvalue weighted by Gasteiger charge is -2.37. The second kappa shape index (κ2) is 5.32. The van der Waals surface area contributed by atoms with Crippen molar-refractivity contribution in [1.29, 1.82) is 0 Å². The fourth-order valence-corrected chi connectivity index (χ4v) is 1.98. The van der Waals surface area contributed by atoms with E-state index in [9.17, 15) is 4.79 Å². The predicted octanol–water partition coefficient (Wildman–Crippen LogP) is 0.395. The summed E-state index contributed by atoms with van der Waals surface area (Å²) in [6.07, 6.45) is 2.03. The molecule has 1 saturated heterocycles. The molecule has 0 aromatic carbocycles. The molecule has 1 amide bonds. The van der Waals surface area contributed by atoms with Crippen molar-refractivity contribution in [3.05, 3.63) is 0 Å². The zero-order valence-corrected chi connectivity index (χ0v) is 8.90. The van der Waals surface area contributed by atoms with E-state index in [1.807, 2.05) is 13.8 Å². The van der Waals surface area contributed by atoms with Crippen LogP contribution in [-0.2, 0) is 9.53 Å². The van der Waals surface area contributed by atoms with E-state index in [1.54, 1.807) is 4.90 Å². The molecule has 4 nitrogen and oxygen atoms in total. The number of carbonyl (C=O) groups is 1. The highest BCUT2D eigenvalue weighted by Crippen LogP contribution is 2.19. The molecule has 1 aliphatic rings. The molecule has 1 heterocycles. The van der Waals surface area contributed by atoms with Gasteiger partial charge in [-0.3, -0.25) is 4.79 Å². The Bertz CT molecular complexity index is 196. The number of hydrogen-bond donors (Lipinski definition) is 1. The molecule has 0 aromatic rings. The highest BCUT2D eigenvalue weighted by molar-refractivity contribution is 5.77. The van der Waals surface area contributed by atoms with E-state index in [2.05, 4.69) is 0 Å². The topological polar surface area (TPSA) is 49.8 Å². The fraction of sp³-hybridized carbons (Fsp3) is 0.900. The highest BCUT2D eigenvalue weighted by atomic mass is 16.5. The van der Waals surface area contributed by atoms with E-state index in [1.165, 1.54) is 0 Å². The van der Waals surface area contributed by atoms with Gasteiger partial charge in [-0.15, -0.1) is 0 Å². The quantitative estimate of drug-likeness (QED) is 0.719. The molecular weight excluding hydrogens is 182 g/mol. The summed E-state index contributed by atoms with van der Waals surface area (Å²) in [5.74, 6) is -0.174. The van der Waals surface area contributed by atoms with Crippen LogP contribution in [0.3, 0.4) is 0 Å². The minimum atomic E-state index is -0.385. The number of aliphatic hydroxyl groups excluding tert-OH is 1. The Balaban J connectivity index is 2.43. The smallest absolute Gasteiger partial charge is 0.248 e. The Hall–Kier alpha value is -0.610. The molecule has 14 heavy (non-hydrogen) atoms. The number of nitrogens with zero attached hydrogens (tertiary/aromatic N) is 1. The normalized spacial score (nSPS) is 27.8. The number of likely N-dealkylation sites (tertiary alicyclic amines) is 1. The first-order chi connectivity index (χ1) is 6.69. The second-order valence-corrected chi connectivity index (χ2v) is 3.70. The van der Waals surface area contributed by atoms with Gasteiger partial charge in [0, 0.05) is 19.2 Å². The molecule has 1 fully saturated rings. The summed E-state index contributed by atoms with van der Waals surface area (Å²) in [5.41, 5.74) is 0. The van der Waals surface area contributed by atoms with Gasteiger partial charge in [0.05, 0.1) is 6.10 Å². The van der Waals surface area contributed by atoms with Crippen LogP contribution in [0.2, 0.25) is 0 Å². The average molecular weight is 201 g/mol. The molecule has 82 valence electrons. The van der Waals surface area contributed by atoms with Gasteiger partial charge < -0.3 is 14.7 Å². The van der Waals surface area contributed by atoms with Crippen LogP contribution in [0.1, 0.15) is 26.7 Å². The standard InChI is InChI=1S/C10H19NO3/c1-3-14-9-4-5-11(8(2)6-9)10(13)7-12/h8-9,12H,3-7H2,1-2H3/t8-,9+/m1/s1. The maximum absolute atomic E-state index is 11.3. The summed E-state index contributed by atoms with van der Waals surface area (Å²) in [6, 6.07) is 0.181.